The first-order valence-corrected chi connectivity index (χ1v) is 6.13. The van der Waals surface area contributed by atoms with Gasteiger partial charge in [0.25, 0.3) is 5.69 Å². The van der Waals surface area contributed by atoms with Crippen molar-refractivity contribution in [3.63, 3.8) is 0 Å². The maximum atomic E-state index is 11.8. The average molecular weight is 249 g/mol. The first-order chi connectivity index (χ1) is 8.66. The number of ether oxygens (including phenoxy) is 1. The van der Waals surface area contributed by atoms with Crippen LogP contribution >= 0.6 is 0 Å². The molecule has 0 amide bonds. The number of esters is 1. The van der Waals surface area contributed by atoms with Crippen molar-refractivity contribution < 1.29 is 14.5 Å². The van der Waals surface area contributed by atoms with Crippen molar-refractivity contribution in [2.24, 2.45) is 5.92 Å². The van der Waals surface area contributed by atoms with E-state index in [0.29, 0.717) is 5.75 Å². The van der Waals surface area contributed by atoms with Gasteiger partial charge in [0.15, 0.2) is 0 Å². The summed E-state index contributed by atoms with van der Waals surface area (Å²) in [4.78, 5) is 21.8. The Kier molecular flexibility index (Phi) is 3.92. The van der Waals surface area contributed by atoms with Gasteiger partial charge in [-0.15, -0.1) is 0 Å². The van der Waals surface area contributed by atoms with Gasteiger partial charge in [-0.3, -0.25) is 14.9 Å². The van der Waals surface area contributed by atoms with E-state index >= 15 is 0 Å². The van der Waals surface area contributed by atoms with E-state index in [0.717, 1.165) is 25.7 Å². The van der Waals surface area contributed by atoms with Gasteiger partial charge in [0.1, 0.15) is 5.75 Å². The van der Waals surface area contributed by atoms with Crippen LogP contribution in [0.3, 0.4) is 0 Å². The monoisotopic (exact) mass is 249 g/mol. The van der Waals surface area contributed by atoms with Crippen molar-refractivity contribution in [3.8, 4) is 5.75 Å². The Morgan fingerprint density at radius 3 is 2.33 bits per heavy atom. The highest BCUT2D eigenvalue weighted by atomic mass is 16.6. The zero-order valence-corrected chi connectivity index (χ0v) is 10.0. The minimum absolute atomic E-state index is 0.00698. The maximum Gasteiger partial charge on any atom is 0.314 e. The number of hydrogen-bond donors (Lipinski definition) is 0. The Labute approximate surface area is 105 Å². The van der Waals surface area contributed by atoms with Crippen molar-refractivity contribution in [2.45, 2.75) is 32.1 Å². The molecule has 0 spiro atoms. The van der Waals surface area contributed by atoms with E-state index in [1.807, 2.05) is 0 Å². The molecule has 1 aromatic carbocycles. The molecule has 1 saturated carbocycles. The molecule has 0 bridgehead atoms. The number of carbonyl (C=O) groups is 1. The highest BCUT2D eigenvalue weighted by molar-refractivity contribution is 5.75. The second-order valence-electron chi connectivity index (χ2n) is 4.51. The van der Waals surface area contributed by atoms with Gasteiger partial charge in [-0.05, 0) is 25.0 Å². The van der Waals surface area contributed by atoms with Crippen LogP contribution in [0.25, 0.3) is 0 Å². The molecule has 0 heterocycles. The number of benzene rings is 1. The lowest BCUT2D eigenvalue weighted by molar-refractivity contribution is -0.384. The third-order valence-corrected chi connectivity index (χ3v) is 3.20. The number of nitro benzene ring substituents is 1. The standard InChI is InChI=1S/C13H15NO4/c15-13(10-4-2-1-3-5-10)18-12-8-6-11(7-9-12)14(16)17/h6-10H,1-5H2. The van der Waals surface area contributed by atoms with E-state index in [2.05, 4.69) is 0 Å². The summed E-state index contributed by atoms with van der Waals surface area (Å²) in [5.41, 5.74) is -0.00698. The molecule has 5 nitrogen and oxygen atoms in total. The van der Waals surface area contributed by atoms with E-state index in [1.165, 1.54) is 30.7 Å². The molecule has 0 saturated heterocycles. The van der Waals surface area contributed by atoms with E-state index in [9.17, 15) is 14.9 Å². The Morgan fingerprint density at radius 1 is 1.17 bits per heavy atom. The zero-order valence-electron chi connectivity index (χ0n) is 10.0. The second-order valence-corrected chi connectivity index (χ2v) is 4.51. The van der Waals surface area contributed by atoms with E-state index < -0.39 is 4.92 Å². The summed E-state index contributed by atoms with van der Waals surface area (Å²) in [6.45, 7) is 0. The lowest BCUT2D eigenvalue weighted by atomic mass is 9.89. The lowest BCUT2D eigenvalue weighted by Crippen LogP contribution is -2.22. The first-order valence-electron chi connectivity index (χ1n) is 6.13. The molecule has 1 aromatic rings. The first kappa shape index (κ1) is 12.5. The summed E-state index contributed by atoms with van der Waals surface area (Å²) in [5.74, 6) is 0.133. The number of nitro groups is 1. The largest absolute Gasteiger partial charge is 0.426 e. The molecule has 0 unspecified atom stereocenters. The summed E-state index contributed by atoms with van der Waals surface area (Å²) in [7, 11) is 0. The highest BCUT2D eigenvalue weighted by Crippen LogP contribution is 2.26. The molecule has 0 radical (unpaired) electrons. The summed E-state index contributed by atoms with van der Waals surface area (Å²) < 4.78 is 5.23. The van der Waals surface area contributed by atoms with Crippen LogP contribution in [0.5, 0.6) is 5.75 Å². The van der Waals surface area contributed by atoms with Crippen LogP contribution < -0.4 is 4.74 Å². The number of hydrogen-bond acceptors (Lipinski definition) is 4. The summed E-state index contributed by atoms with van der Waals surface area (Å²) >= 11 is 0. The molecule has 1 aliphatic carbocycles. The summed E-state index contributed by atoms with van der Waals surface area (Å²) in [6.07, 6.45) is 5.08. The Balaban J connectivity index is 1.96. The molecule has 2 rings (SSSR count). The summed E-state index contributed by atoms with van der Waals surface area (Å²) in [6, 6.07) is 5.59. The quantitative estimate of drug-likeness (QED) is 0.357. The van der Waals surface area contributed by atoms with Gasteiger partial charge in [0.05, 0.1) is 10.8 Å². The molecule has 5 heteroatoms. The van der Waals surface area contributed by atoms with Crippen molar-refractivity contribution in [1.29, 1.82) is 0 Å². The third-order valence-electron chi connectivity index (χ3n) is 3.20. The molecule has 0 atom stereocenters. The fraction of sp³-hybridized carbons (Fsp3) is 0.462. The molecule has 0 aromatic heterocycles. The van der Waals surface area contributed by atoms with E-state index in [-0.39, 0.29) is 17.6 Å². The van der Waals surface area contributed by atoms with Crippen LogP contribution in [0, 0.1) is 16.0 Å². The third kappa shape index (κ3) is 3.06. The summed E-state index contributed by atoms with van der Waals surface area (Å²) in [5, 5.41) is 10.5. The second kappa shape index (κ2) is 5.62. The van der Waals surface area contributed by atoms with Crippen LogP contribution in [0.1, 0.15) is 32.1 Å². The van der Waals surface area contributed by atoms with Gasteiger partial charge in [-0.1, -0.05) is 19.3 Å². The van der Waals surface area contributed by atoms with Crippen molar-refractivity contribution in [2.75, 3.05) is 0 Å². The predicted octanol–water partition coefficient (Wildman–Crippen LogP) is 3.08. The Bertz CT molecular complexity index is 435. The number of nitrogens with zero attached hydrogens (tertiary/aromatic N) is 1. The Hall–Kier alpha value is -1.91. The normalized spacial score (nSPS) is 16.2. The number of carbonyl (C=O) groups excluding carboxylic acids is 1. The fourth-order valence-corrected chi connectivity index (χ4v) is 2.17. The van der Waals surface area contributed by atoms with Crippen LogP contribution in [-0.2, 0) is 4.79 Å². The maximum absolute atomic E-state index is 11.8. The molecule has 0 N–H and O–H groups in total. The van der Waals surface area contributed by atoms with Crippen molar-refractivity contribution in [1.82, 2.24) is 0 Å². The minimum atomic E-state index is -0.479. The van der Waals surface area contributed by atoms with Crippen LogP contribution in [-0.4, -0.2) is 10.9 Å². The minimum Gasteiger partial charge on any atom is -0.426 e. The van der Waals surface area contributed by atoms with Gasteiger partial charge >= 0.3 is 5.97 Å². The topological polar surface area (TPSA) is 69.4 Å². The molecular formula is C13H15NO4. The molecule has 96 valence electrons. The van der Waals surface area contributed by atoms with Gasteiger partial charge in [-0.25, -0.2) is 0 Å². The fourth-order valence-electron chi connectivity index (χ4n) is 2.17. The number of non-ortho nitro benzene ring substituents is 1. The van der Waals surface area contributed by atoms with Gasteiger partial charge < -0.3 is 4.74 Å². The van der Waals surface area contributed by atoms with Gasteiger partial charge in [-0.2, -0.15) is 0 Å². The van der Waals surface area contributed by atoms with Crippen LogP contribution in [0.4, 0.5) is 5.69 Å². The molecule has 0 aliphatic heterocycles. The van der Waals surface area contributed by atoms with Crippen molar-refractivity contribution in [3.05, 3.63) is 34.4 Å². The molecule has 18 heavy (non-hydrogen) atoms. The van der Waals surface area contributed by atoms with Crippen LogP contribution in [0.15, 0.2) is 24.3 Å². The van der Waals surface area contributed by atoms with E-state index in [1.54, 1.807) is 0 Å². The van der Waals surface area contributed by atoms with Crippen LogP contribution in [0.2, 0.25) is 0 Å². The van der Waals surface area contributed by atoms with Crippen molar-refractivity contribution >= 4 is 11.7 Å². The molecule has 1 fully saturated rings. The van der Waals surface area contributed by atoms with Gasteiger partial charge in [0.2, 0.25) is 0 Å². The smallest absolute Gasteiger partial charge is 0.314 e. The number of rotatable bonds is 3. The van der Waals surface area contributed by atoms with Gasteiger partial charge in [0, 0.05) is 12.1 Å². The SMILES string of the molecule is O=C(Oc1ccc([N+](=O)[O-])cc1)C1CCCCC1. The average Bonchev–Trinajstić information content (AvgIpc) is 2.40. The predicted molar refractivity (Wildman–Crippen MR) is 65.3 cm³/mol. The Morgan fingerprint density at radius 2 is 1.78 bits per heavy atom. The zero-order chi connectivity index (χ0) is 13.0. The molecule has 1 aliphatic rings. The van der Waals surface area contributed by atoms with E-state index in [4.69, 9.17) is 4.74 Å². The lowest BCUT2D eigenvalue weighted by Gasteiger charge is -2.19. The molecular weight excluding hydrogens is 234 g/mol. The highest BCUT2D eigenvalue weighted by Gasteiger charge is 2.23.